The number of fused-ring (bicyclic) bond motifs is 1. The molecule has 1 aliphatic heterocycles. The number of rotatable bonds is 5. The molecule has 3 rings (SSSR count). The monoisotopic (exact) mass is 305 g/mol. The highest BCUT2D eigenvalue weighted by atomic mass is 16.5. The van der Waals surface area contributed by atoms with Crippen molar-refractivity contribution in [3.05, 3.63) is 29.1 Å². The molecule has 2 N–H and O–H groups in total. The summed E-state index contributed by atoms with van der Waals surface area (Å²) in [5.41, 5.74) is 4.24. The molecule has 1 saturated carbocycles. The Hall–Kier alpha value is -1.50. The fraction of sp³-hybridized carbons (Fsp3) is 0.625. The number of nitrogens with one attached hydrogen (secondary N) is 1. The van der Waals surface area contributed by atoms with Crippen LogP contribution in [0.25, 0.3) is 0 Å². The number of pyridine rings is 1. The van der Waals surface area contributed by atoms with E-state index in [-0.39, 0.29) is 0 Å². The van der Waals surface area contributed by atoms with Gasteiger partial charge in [-0.15, -0.1) is 0 Å². The van der Waals surface area contributed by atoms with Crippen LogP contribution in [0.1, 0.15) is 40.9 Å². The number of methoxy groups -OCH3 is 1. The molecule has 1 aromatic rings. The van der Waals surface area contributed by atoms with Crippen LogP contribution in [0.15, 0.2) is 12.3 Å². The normalized spacial score (nSPS) is 24.5. The number of ether oxygens (including phenoxy) is 1. The molecule has 1 amide bonds. The van der Waals surface area contributed by atoms with Gasteiger partial charge in [-0.25, -0.2) is 5.48 Å². The van der Waals surface area contributed by atoms with Gasteiger partial charge in [-0.1, -0.05) is 0 Å². The van der Waals surface area contributed by atoms with Gasteiger partial charge in [-0.2, -0.15) is 0 Å². The average molecular weight is 305 g/mol. The number of amides is 1. The second-order valence-corrected chi connectivity index (χ2v) is 6.18. The predicted molar refractivity (Wildman–Crippen MR) is 80.6 cm³/mol. The Labute approximate surface area is 130 Å². The first-order valence-corrected chi connectivity index (χ1v) is 7.88. The summed E-state index contributed by atoms with van der Waals surface area (Å²) in [6.45, 7) is 2.70. The van der Waals surface area contributed by atoms with Crippen molar-refractivity contribution in [2.24, 2.45) is 5.92 Å². The van der Waals surface area contributed by atoms with Crippen LogP contribution in [0.2, 0.25) is 0 Å². The van der Waals surface area contributed by atoms with Crippen molar-refractivity contribution in [2.75, 3.05) is 20.3 Å². The number of hydrogen-bond acceptors (Lipinski definition) is 5. The average Bonchev–Trinajstić information content (AvgIpc) is 2.53. The first-order valence-electron chi connectivity index (χ1n) is 7.88. The molecule has 0 aromatic carbocycles. The van der Waals surface area contributed by atoms with Crippen LogP contribution < -0.4 is 5.48 Å². The fourth-order valence-electron chi connectivity index (χ4n) is 3.54. The molecule has 1 unspecified atom stereocenters. The molecular weight excluding hydrogens is 282 g/mol. The number of nitrogens with zero attached hydrogens (tertiary/aromatic N) is 2. The van der Waals surface area contributed by atoms with E-state index >= 15 is 0 Å². The third kappa shape index (κ3) is 2.99. The summed E-state index contributed by atoms with van der Waals surface area (Å²) in [5, 5.41) is 8.70. The van der Waals surface area contributed by atoms with E-state index in [4.69, 9.17) is 9.94 Å². The number of carbonyl (C=O) groups is 1. The highest BCUT2D eigenvalue weighted by Crippen LogP contribution is 2.36. The maximum absolute atomic E-state index is 11.4. The Kier molecular flexibility index (Phi) is 4.71. The van der Waals surface area contributed by atoms with Crippen molar-refractivity contribution < 1.29 is 14.7 Å². The Balaban J connectivity index is 1.65. The Bertz CT molecular complexity index is 549. The first-order chi connectivity index (χ1) is 10.7. The standard InChI is InChI=1S/C16H23N3O3/c1-22-7-5-11-2-3-15(11)19-6-4-12-8-13(16(20)18-21)9-17-14(12)10-19/h8-9,11,15,21H,2-7,10H2,1H3,(H,18,20)/t11?,15-/m0/s1. The molecule has 0 radical (unpaired) electrons. The minimum atomic E-state index is -0.503. The maximum atomic E-state index is 11.4. The topological polar surface area (TPSA) is 74.7 Å². The lowest BCUT2D eigenvalue weighted by Gasteiger charge is -2.46. The zero-order chi connectivity index (χ0) is 15.5. The maximum Gasteiger partial charge on any atom is 0.276 e. The predicted octanol–water partition coefficient (Wildman–Crippen LogP) is 1.37. The molecule has 2 heterocycles. The van der Waals surface area contributed by atoms with Crippen molar-refractivity contribution in [1.82, 2.24) is 15.4 Å². The molecule has 2 atom stereocenters. The number of hydrogen-bond donors (Lipinski definition) is 2. The summed E-state index contributed by atoms with van der Waals surface area (Å²) in [5.74, 6) is 0.234. The second-order valence-electron chi connectivity index (χ2n) is 6.18. The lowest BCUT2D eigenvalue weighted by molar-refractivity contribution is 0.0307. The van der Waals surface area contributed by atoms with E-state index in [1.54, 1.807) is 12.6 Å². The molecule has 22 heavy (non-hydrogen) atoms. The Morgan fingerprint density at radius 2 is 2.41 bits per heavy atom. The van der Waals surface area contributed by atoms with E-state index in [0.29, 0.717) is 11.6 Å². The summed E-state index contributed by atoms with van der Waals surface area (Å²) in [4.78, 5) is 18.4. The number of hydroxylamine groups is 1. The highest BCUT2D eigenvalue weighted by Gasteiger charge is 2.36. The van der Waals surface area contributed by atoms with Crippen LogP contribution in [0.3, 0.4) is 0 Å². The molecule has 1 aromatic heterocycles. The van der Waals surface area contributed by atoms with Gasteiger partial charge in [0.25, 0.3) is 5.91 Å². The minimum Gasteiger partial charge on any atom is -0.385 e. The van der Waals surface area contributed by atoms with Gasteiger partial charge >= 0.3 is 0 Å². The molecule has 1 aliphatic carbocycles. The lowest BCUT2D eigenvalue weighted by Crippen LogP contribution is -2.49. The lowest BCUT2D eigenvalue weighted by atomic mass is 9.76. The van der Waals surface area contributed by atoms with Gasteiger partial charge in [0.05, 0.1) is 11.3 Å². The van der Waals surface area contributed by atoms with Crippen LogP contribution in [-0.2, 0) is 17.7 Å². The Morgan fingerprint density at radius 3 is 3.09 bits per heavy atom. The van der Waals surface area contributed by atoms with E-state index in [1.165, 1.54) is 19.0 Å². The third-order valence-electron chi connectivity index (χ3n) is 4.98. The first kappa shape index (κ1) is 15.4. The summed E-state index contributed by atoms with van der Waals surface area (Å²) in [7, 11) is 1.76. The molecule has 1 fully saturated rings. The molecule has 6 heteroatoms. The van der Waals surface area contributed by atoms with Crippen LogP contribution in [0, 0.1) is 5.92 Å². The van der Waals surface area contributed by atoms with Crippen molar-refractivity contribution in [1.29, 1.82) is 0 Å². The van der Waals surface area contributed by atoms with E-state index in [9.17, 15) is 4.79 Å². The van der Waals surface area contributed by atoms with E-state index in [1.807, 2.05) is 6.07 Å². The van der Waals surface area contributed by atoms with Crippen molar-refractivity contribution in [2.45, 2.75) is 38.3 Å². The number of aromatic nitrogens is 1. The van der Waals surface area contributed by atoms with Gasteiger partial charge in [0.1, 0.15) is 0 Å². The smallest absolute Gasteiger partial charge is 0.276 e. The second kappa shape index (κ2) is 6.73. The van der Waals surface area contributed by atoms with Crippen LogP contribution >= 0.6 is 0 Å². The van der Waals surface area contributed by atoms with Gasteiger partial charge in [-0.05, 0) is 43.2 Å². The van der Waals surface area contributed by atoms with Gasteiger partial charge in [0.15, 0.2) is 0 Å². The summed E-state index contributed by atoms with van der Waals surface area (Å²) in [6, 6.07) is 2.49. The minimum absolute atomic E-state index is 0.413. The molecule has 0 saturated heterocycles. The van der Waals surface area contributed by atoms with Gasteiger partial charge < -0.3 is 4.74 Å². The fourth-order valence-corrected chi connectivity index (χ4v) is 3.54. The molecule has 120 valence electrons. The SMILES string of the molecule is COCCC1CC[C@@H]1N1CCc2cc(C(=O)NO)cnc2C1. The molecule has 6 nitrogen and oxygen atoms in total. The Morgan fingerprint density at radius 1 is 1.55 bits per heavy atom. The molecule has 2 aliphatic rings. The van der Waals surface area contributed by atoms with E-state index in [0.717, 1.165) is 49.7 Å². The van der Waals surface area contributed by atoms with Crippen LogP contribution in [0.4, 0.5) is 0 Å². The van der Waals surface area contributed by atoms with Crippen molar-refractivity contribution in [3.63, 3.8) is 0 Å². The molecular formula is C16H23N3O3. The van der Waals surface area contributed by atoms with E-state index < -0.39 is 5.91 Å². The summed E-state index contributed by atoms with van der Waals surface area (Å²) < 4.78 is 5.20. The van der Waals surface area contributed by atoms with Gasteiger partial charge in [0.2, 0.25) is 0 Å². The van der Waals surface area contributed by atoms with Gasteiger partial charge in [-0.3, -0.25) is 19.9 Å². The summed E-state index contributed by atoms with van der Waals surface area (Å²) in [6.07, 6.45) is 6.13. The van der Waals surface area contributed by atoms with Crippen molar-refractivity contribution >= 4 is 5.91 Å². The zero-order valence-corrected chi connectivity index (χ0v) is 12.9. The molecule has 0 bridgehead atoms. The van der Waals surface area contributed by atoms with E-state index in [2.05, 4.69) is 9.88 Å². The third-order valence-corrected chi connectivity index (χ3v) is 4.98. The van der Waals surface area contributed by atoms with Crippen LogP contribution in [-0.4, -0.2) is 47.3 Å². The van der Waals surface area contributed by atoms with Crippen molar-refractivity contribution in [3.8, 4) is 0 Å². The highest BCUT2D eigenvalue weighted by molar-refractivity contribution is 5.93. The number of carbonyl (C=O) groups excluding carboxylic acids is 1. The van der Waals surface area contributed by atoms with Crippen LogP contribution in [0.5, 0.6) is 0 Å². The largest absolute Gasteiger partial charge is 0.385 e. The quantitative estimate of drug-likeness (QED) is 0.635. The van der Waals surface area contributed by atoms with Gasteiger partial charge in [0, 0.05) is 39.0 Å². The molecule has 0 spiro atoms. The zero-order valence-electron chi connectivity index (χ0n) is 12.9. The summed E-state index contributed by atoms with van der Waals surface area (Å²) >= 11 is 0.